The number of carbonyl (C=O) groups is 2. The van der Waals surface area contributed by atoms with Crippen molar-refractivity contribution in [1.29, 1.82) is 0 Å². The third-order valence-electron chi connectivity index (χ3n) is 5.62. The molecule has 4 rings (SSSR count). The van der Waals surface area contributed by atoms with E-state index in [0.29, 0.717) is 5.56 Å². The molecule has 3 aromatic heterocycles. The Balaban J connectivity index is 1.56. The summed E-state index contributed by atoms with van der Waals surface area (Å²) in [7, 11) is 0. The van der Waals surface area contributed by atoms with Crippen LogP contribution < -0.4 is 16.0 Å². The van der Waals surface area contributed by atoms with Crippen LogP contribution >= 0.6 is 0 Å². The normalized spacial score (nSPS) is 18.8. The van der Waals surface area contributed by atoms with Crippen LogP contribution in [0.25, 0.3) is 16.6 Å². The Morgan fingerprint density at radius 1 is 1.10 bits per heavy atom. The molecule has 4 N–H and O–H groups in total. The lowest BCUT2D eigenvalue weighted by molar-refractivity contribution is -0.119. The van der Waals surface area contributed by atoms with Crippen LogP contribution in [0.3, 0.4) is 0 Å². The van der Waals surface area contributed by atoms with Crippen molar-refractivity contribution in [2.24, 2.45) is 0 Å². The molecular formula is C22H29N7O2. The van der Waals surface area contributed by atoms with Crippen molar-refractivity contribution in [2.75, 3.05) is 5.32 Å². The van der Waals surface area contributed by atoms with Gasteiger partial charge in [0.05, 0.1) is 29.2 Å². The summed E-state index contributed by atoms with van der Waals surface area (Å²) in [4.78, 5) is 24.4. The molecule has 9 heteroatoms. The van der Waals surface area contributed by atoms with Crippen molar-refractivity contribution in [3.05, 3.63) is 36.4 Å². The van der Waals surface area contributed by atoms with E-state index in [1.54, 1.807) is 23.8 Å². The molecule has 0 atom stereocenters. The highest BCUT2D eigenvalue weighted by molar-refractivity contribution is 6.03. The van der Waals surface area contributed by atoms with Crippen LogP contribution in [0.1, 0.15) is 56.8 Å². The molecule has 2 amide bonds. The van der Waals surface area contributed by atoms with Crippen LogP contribution in [-0.2, 0) is 4.79 Å². The molecule has 0 unspecified atom stereocenters. The molecule has 31 heavy (non-hydrogen) atoms. The molecule has 0 radical (unpaired) electrons. The van der Waals surface area contributed by atoms with Crippen LogP contribution in [0, 0.1) is 0 Å². The van der Waals surface area contributed by atoms with E-state index in [1.807, 2.05) is 32.3 Å². The van der Waals surface area contributed by atoms with Crippen molar-refractivity contribution in [3.63, 3.8) is 0 Å². The lowest BCUT2D eigenvalue weighted by Gasteiger charge is -2.29. The van der Waals surface area contributed by atoms with E-state index in [9.17, 15) is 9.59 Å². The van der Waals surface area contributed by atoms with Gasteiger partial charge in [-0.05, 0) is 45.6 Å². The quantitative estimate of drug-likeness (QED) is 0.486. The fourth-order valence-corrected chi connectivity index (χ4v) is 4.17. The number of anilines is 1. The predicted molar refractivity (Wildman–Crippen MR) is 119 cm³/mol. The third-order valence-corrected chi connectivity index (χ3v) is 5.62. The molecule has 3 heterocycles. The topological polar surface area (TPSA) is 116 Å². The molecule has 1 aliphatic rings. The van der Waals surface area contributed by atoms with E-state index >= 15 is 0 Å². The summed E-state index contributed by atoms with van der Waals surface area (Å²) < 4.78 is 1.78. The van der Waals surface area contributed by atoms with Gasteiger partial charge in [-0.15, -0.1) is 0 Å². The summed E-state index contributed by atoms with van der Waals surface area (Å²) in [6, 6.07) is 2.45. The maximum Gasteiger partial charge on any atom is 0.255 e. The van der Waals surface area contributed by atoms with Crippen molar-refractivity contribution < 1.29 is 9.59 Å². The van der Waals surface area contributed by atoms with Gasteiger partial charge in [0.1, 0.15) is 0 Å². The Bertz CT molecular complexity index is 1060. The highest BCUT2D eigenvalue weighted by atomic mass is 16.2. The van der Waals surface area contributed by atoms with Gasteiger partial charge >= 0.3 is 0 Å². The molecule has 3 aromatic rings. The Morgan fingerprint density at radius 3 is 2.42 bits per heavy atom. The number of hydrogen-bond acceptors (Lipinski definition) is 5. The lowest BCUT2D eigenvalue weighted by atomic mass is 9.91. The summed E-state index contributed by atoms with van der Waals surface area (Å²) in [5.41, 5.74) is 4.07. The number of amides is 2. The number of aromatic nitrogens is 4. The number of H-pyrrole nitrogens is 1. The van der Waals surface area contributed by atoms with Crippen molar-refractivity contribution in [1.82, 2.24) is 30.4 Å². The van der Waals surface area contributed by atoms with E-state index in [0.717, 1.165) is 48.0 Å². The number of hydrogen-bond donors (Lipinski definition) is 4. The van der Waals surface area contributed by atoms with Crippen LogP contribution in [0.2, 0.25) is 0 Å². The van der Waals surface area contributed by atoms with E-state index in [-0.39, 0.29) is 29.9 Å². The summed E-state index contributed by atoms with van der Waals surface area (Å²) in [6.45, 7) is 5.63. The zero-order valence-electron chi connectivity index (χ0n) is 18.1. The minimum absolute atomic E-state index is 0.00162. The molecular weight excluding hydrogens is 394 g/mol. The Morgan fingerprint density at radius 2 is 1.81 bits per heavy atom. The molecule has 9 nitrogen and oxygen atoms in total. The summed E-state index contributed by atoms with van der Waals surface area (Å²) >= 11 is 0. The average molecular weight is 424 g/mol. The second kappa shape index (κ2) is 8.79. The van der Waals surface area contributed by atoms with Crippen molar-refractivity contribution >= 4 is 23.0 Å². The molecule has 0 spiro atoms. The lowest BCUT2D eigenvalue weighted by Crippen LogP contribution is -2.43. The van der Waals surface area contributed by atoms with Crippen LogP contribution in [-0.4, -0.2) is 49.8 Å². The van der Waals surface area contributed by atoms with Gasteiger partial charge in [0.2, 0.25) is 5.91 Å². The van der Waals surface area contributed by atoms with Crippen LogP contribution in [0.4, 0.5) is 5.69 Å². The Hall–Kier alpha value is -3.36. The maximum atomic E-state index is 13.2. The first kappa shape index (κ1) is 20.9. The molecule has 164 valence electrons. The van der Waals surface area contributed by atoms with Gasteiger partial charge in [0, 0.05) is 48.6 Å². The van der Waals surface area contributed by atoms with Crippen LogP contribution in [0.5, 0.6) is 0 Å². The van der Waals surface area contributed by atoms with Gasteiger partial charge in [-0.25, -0.2) is 4.52 Å². The Labute approximate surface area is 181 Å². The van der Waals surface area contributed by atoms with E-state index in [1.165, 1.54) is 0 Å². The fraction of sp³-hybridized carbons (Fsp3) is 0.455. The summed E-state index contributed by atoms with van der Waals surface area (Å²) in [5, 5.41) is 20.9. The van der Waals surface area contributed by atoms with E-state index < -0.39 is 0 Å². The highest BCUT2D eigenvalue weighted by Gasteiger charge is 2.25. The fourth-order valence-electron chi connectivity index (χ4n) is 4.17. The smallest absolute Gasteiger partial charge is 0.255 e. The van der Waals surface area contributed by atoms with Gasteiger partial charge in [-0.2, -0.15) is 10.2 Å². The average Bonchev–Trinajstić information content (AvgIpc) is 3.38. The molecule has 0 bridgehead atoms. The number of fused-ring (bicyclic) bond motifs is 1. The molecule has 0 aromatic carbocycles. The standard InChI is InChI=1S/C22H29N7O2/c1-13(2)26-21-19(22(31)28-18-6-4-17(5-7-18)27-14(3)30)11-25-29-12-15(8-20(21)29)16-9-23-24-10-16/h8-13,17-18,26H,4-7H2,1-3H3,(H,23,24)(H,27,30)(H,28,31)/t17-,18-. The zero-order valence-corrected chi connectivity index (χ0v) is 18.1. The number of carbonyl (C=O) groups excluding carboxylic acids is 2. The van der Waals surface area contributed by atoms with Crippen LogP contribution in [0.15, 0.2) is 30.9 Å². The SMILES string of the molecule is CC(=O)N[C@H]1CC[C@H](NC(=O)c2cnn3cc(-c4cn[nH]c4)cc3c2NC(C)C)CC1. The number of rotatable bonds is 6. The molecule has 0 saturated heterocycles. The first-order valence-corrected chi connectivity index (χ1v) is 10.8. The summed E-state index contributed by atoms with van der Waals surface area (Å²) in [6.07, 6.45) is 10.6. The van der Waals surface area contributed by atoms with Crippen molar-refractivity contribution in [3.8, 4) is 11.1 Å². The molecule has 1 aliphatic carbocycles. The minimum Gasteiger partial charge on any atom is -0.380 e. The van der Waals surface area contributed by atoms with E-state index in [2.05, 4.69) is 31.2 Å². The number of nitrogens with one attached hydrogen (secondary N) is 4. The summed E-state index contributed by atoms with van der Waals surface area (Å²) in [5.74, 6) is -0.134. The first-order valence-electron chi connectivity index (χ1n) is 10.8. The maximum absolute atomic E-state index is 13.2. The number of aromatic amines is 1. The van der Waals surface area contributed by atoms with E-state index in [4.69, 9.17) is 0 Å². The second-order valence-corrected chi connectivity index (χ2v) is 8.50. The van der Waals surface area contributed by atoms with Gasteiger partial charge in [0.15, 0.2) is 0 Å². The Kier molecular flexibility index (Phi) is 5.92. The molecule has 0 aliphatic heterocycles. The van der Waals surface area contributed by atoms with Gasteiger partial charge in [-0.1, -0.05) is 0 Å². The van der Waals surface area contributed by atoms with Gasteiger partial charge < -0.3 is 16.0 Å². The van der Waals surface area contributed by atoms with Crippen molar-refractivity contribution in [2.45, 2.75) is 64.6 Å². The largest absolute Gasteiger partial charge is 0.380 e. The van der Waals surface area contributed by atoms with Gasteiger partial charge in [-0.3, -0.25) is 14.7 Å². The zero-order chi connectivity index (χ0) is 22.0. The molecule has 1 saturated carbocycles. The third kappa shape index (κ3) is 4.70. The van der Waals surface area contributed by atoms with Gasteiger partial charge in [0.25, 0.3) is 5.91 Å². The minimum atomic E-state index is -0.132. The number of nitrogens with zero attached hydrogens (tertiary/aromatic N) is 3. The predicted octanol–water partition coefficient (Wildman–Crippen LogP) is 2.72. The second-order valence-electron chi connectivity index (χ2n) is 8.50. The highest BCUT2D eigenvalue weighted by Crippen LogP contribution is 2.29. The monoisotopic (exact) mass is 423 g/mol. The first-order chi connectivity index (χ1) is 14.9. The molecule has 1 fully saturated rings.